The van der Waals surface area contributed by atoms with E-state index in [0.29, 0.717) is 0 Å². The fourth-order valence-electron chi connectivity index (χ4n) is 1.78. The van der Waals surface area contributed by atoms with Crippen molar-refractivity contribution in [3.63, 3.8) is 0 Å². The van der Waals surface area contributed by atoms with Crippen LogP contribution in [0.1, 0.15) is 24.3 Å². The maximum Gasteiger partial charge on any atom is 0.407 e. The van der Waals surface area contributed by atoms with Crippen LogP contribution in [0.5, 0.6) is 0 Å². The Balaban J connectivity index is 0.000000313. The van der Waals surface area contributed by atoms with E-state index in [-0.39, 0.29) is 18.0 Å². The Bertz CT molecular complexity index is 623. The number of carbonyl (C=O) groups is 2. The molecule has 1 N–H and O–H groups in total. The minimum Gasteiger partial charge on any atom is -0.465 e. The van der Waals surface area contributed by atoms with Gasteiger partial charge in [0.25, 0.3) is 0 Å². The summed E-state index contributed by atoms with van der Waals surface area (Å²) in [6.45, 7) is 3.53. The minimum atomic E-state index is -1.10. The first-order valence-corrected chi connectivity index (χ1v) is 7.78. The molecule has 6 nitrogen and oxygen atoms in total. The second-order valence-corrected chi connectivity index (χ2v) is 5.29. The van der Waals surface area contributed by atoms with Gasteiger partial charge in [-0.25, -0.2) is 9.78 Å². The Labute approximate surface area is 143 Å². The monoisotopic (exact) mass is 379 g/mol. The number of Topliss-reactive ketones (excluding diaryl/α,β-unsaturated/α-hetero) is 1. The van der Waals surface area contributed by atoms with E-state index in [1.54, 1.807) is 38.2 Å². The van der Waals surface area contributed by atoms with Gasteiger partial charge in [0.1, 0.15) is 10.3 Å². The third kappa shape index (κ3) is 6.15. The molecular formula is C16H18BrN3O3. The number of ketones is 1. The predicted molar refractivity (Wildman–Crippen MR) is 90.4 cm³/mol. The molecule has 0 bridgehead atoms. The van der Waals surface area contributed by atoms with Crippen LogP contribution in [-0.2, 0) is 0 Å². The average Bonchev–Trinajstić information content (AvgIpc) is 2.56. The molecule has 2 aromatic heterocycles. The van der Waals surface area contributed by atoms with Crippen molar-refractivity contribution in [2.75, 3.05) is 6.54 Å². The average molecular weight is 380 g/mol. The van der Waals surface area contributed by atoms with Crippen LogP contribution in [0.3, 0.4) is 0 Å². The second kappa shape index (κ2) is 9.68. The molecule has 7 heteroatoms. The van der Waals surface area contributed by atoms with Crippen molar-refractivity contribution in [2.45, 2.75) is 19.9 Å². The third-order valence-corrected chi connectivity index (χ3v) is 3.45. The number of carbonyl (C=O) groups excluding carboxylic acids is 1. The molecule has 0 fully saturated rings. The zero-order chi connectivity index (χ0) is 17.2. The molecule has 1 amide bonds. The smallest absolute Gasteiger partial charge is 0.407 e. The first-order valence-electron chi connectivity index (χ1n) is 6.98. The highest BCUT2D eigenvalue weighted by Gasteiger charge is 2.25. The van der Waals surface area contributed by atoms with E-state index in [1.807, 2.05) is 18.2 Å². The van der Waals surface area contributed by atoms with Gasteiger partial charge in [-0.05, 0) is 54.0 Å². The number of likely N-dealkylation sites (N-methyl/N-ethyl adjacent to an activating group) is 1. The van der Waals surface area contributed by atoms with Gasteiger partial charge >= 0.3 is 6.09 Å². The molecule has 2 rings (SSSR count). The van der Waals surface area contributed by atoms with Gasteiger partial charge < -0.3 is 5.11 Å². The lowest BCUT2D eigenvalue weighted by Gasteiger charge is -2.23. The van der Waals surface area contributed by atoms with Crippen molar-refractivity contribution in [2.24, 2.45) is 0 Å². The van der Waals surface area contributed by atoms with Crippen LogP contribution in [0.4, 0.5) is 4.79 Å². The molecule has 0 saturated carbocycles. The van der Waals surface area contributed by atoms with Crippen LogP contribution in [-0.4, -0.2) is 44.4 Å². The van der Waals surface area contributed by atoms with Crippen molar-refractivity contribution in [3.8, 4) is 0 Å². The minimum absolute atomic E-state index is 0.273. The SMILES string of the molecule is Brc1ccccn1.CCN(C(=O)O)C(C)C(=O)c1ccccn1. The summed E-state index contributed by atoms with van der Waals surface area (Å²) in [5.74, 6) is -0.287. The van der Waals surface area contributed by atoms with E-state index in [2.05, 4.69) is 25.9 Å². The summed E-state index contributed by atoms with van der Waals surface area (Å²) < 4.78 is 0.884. The maximum absolute atomic E-state index is 11.9. The molecule has 0 aliphatic carbocycles. The summed E-state index contributed by atoms with van der Waals surface area (Å²) in [5, 5.41) is 8.89. The normalized spacial score (nSPS) is 10.9. The molecule has 0 spiro atoms. The Morgan fingerprint density at radius 2 is 1.78 bits per heavy atom. The zero-order valence-corrected chi connectivity index (χ0v) is 14.5. The second-order valence-electron chi connectivity index (χ2n) is 4.48. The topological polar surface area (TPSA) is 83.4 Å². The number of rotatable bonds is 4. The maximum atomic E-state index is 11.9. The molecule has 2 aromatic rings. The van der Waals surface area contributed by atoms with Gasteiger partial charge in [0.05, 0.1) is 6.04 Å². The van der Waals surface area contributed by atoms with Gasteiger partial charge in [-0.3, -0.25) is 14.7 Å². The van der Waals surface area contributed by atoms with Crippen molar-refractivity contribution in [3.05, 3.63) is 59.1 Å². The van der Waals surface area contributed by atoms with Gasteiger partial charge in [-0.1, -0.05) is 12.1 Å². The van der Waals surface area contributed by atoms with Gasteiger partial charge in [-0.15, -0.1) is 0 Å². The van der Waals surface area contributed by atoms with Gasteiger partial charge in [0.15, 0.2) is 0 Å². The van der Waals surface area contributed by atoms with E-state index in [4.69, 9.17) is 5.11 Å². The first-order chi connectivity index (χ1) is 11.0. The van der Waals surface area contributed by atoms with Gasteiger partial charge in [-0.2, -0.15) is 0 Å². The number of hydrogen-bond donors (Lipinski definition) is 1. The van der Waals surface area contributed by atoms with Crippen LogP contribution in [0, 0.1) is 0 Å². The molecule has 0 aliphatic rings. The lowest BCUT2D eigenvalue weighted by atomic mass is 10.1. The molecule has 122 valence electrons. The number of halogens is 1. The Morgan fingerprint density at radius 1 is 1.17 bits per heavy atom. The molecule has 0 radical (unpaired) electrons. The Kier molecular flexibility index (Phi) is 7.90. The highest BCUT2D eigenvalue weighted by molar-refractivity contribution is 9.10. The van der Waals surface area contributed by atoms with E-state index in [1.165, 1.54) is 6.20 Å². The van der Waals surface area contributed by atoms with Crippen LogP contribution in [0.25, 0.3) is 0 Å². The molecule has 0 aromatic carbocycles. The summed E-state index contributed by atoms with van der Waals surface area (Å²) >= 11 is 3.20. The van der Waals surface area contributed by atoms with Gasteiger partial charge in [0, 0.05) is 18.9 Å². The number of pyridine rings is 2. The standard InChI is InChI=1S/C11H14N2O3.C5H4BrN/c1-3-13(11(15)16)8(2)10(14)9-6-4-5-7-12-9;6-5-3-1-2-4-7-5/h4-8H,3H2,1-2H3,(H,15,16);1-4H. The largest absolute Gasteiger partial charge is 0.465 e. The Morgan fingerprint density at radius 3 is 2.13 bits per heavy atom. The number of aromatic nitrogens is 2. The van der Waals surface area contributed by atoms with Crippen molar-refractivity contribution in [1.82, 2.24) is 14.9 Å². The Hall–Kier alpha value is -2.28. The van der Waals surface area contributed by atoms with Crippen molar-refractivity contribution in [1.29, 1.82) is 0 Å². The van der Waals surface area contributed by atoms with Crippen LogP contribution < -0.4 is 0 Å². The van der Waals surface area contributed by atoms with Crippen LogP contribution in [0.15, 0.2) is 53.4 Å². The molecule has 0 saturated heterocycles. The summed E-state index contributed by atoms with van der Waals surface area (Å²) in [4.78, 5) is 31.6. The molecule has 1 unspecified atom stereocenters. The molecule has 23 heavy (non-hydrogen) atoms. The summed E-state index contributed by atoms with van der Waals surface area (Å²) in [7, 11) is 0. The lowest BCUT2D eigenvalue weighted by Crippen LogP contribution is -2.42. The number of amides is 1. The van der Waals surface area contributed by atoms with Crippen molar-refractivity contribution >= 4 is 27.8 Å². The number of nitrogens with zero attached hydrogens (tertiary/aromatic N) is 3. The fraction of sp³-hybridized carbons (Fsp3) is 0.250. The number of carboxylic acid groups (broad SMARTS) is 1. The van der Waals surface area contributed by atoms with E-state index >= 15 is 0 Å². The summed E-state index contributed by atoms with van der Waals surface area (Å²) in [5.41, 5.74) is 0.287. The van der Waals surface area contributed by atoms with Crippen LogP contribution in [0.2, 0.25) is 0 Å². The predicted octanol–water partition coefficient (Wildman–Crippen LogP) is 3.50. The summed E-state index contributed by atoms with van der Waals surface area (Å²) in [6, 6.07) is 9.97. The summed E-state index contributed by atoms with van der Waals surface area (Å²) in [6.07, 6.45) is 2.15. The van der Waals surface area contributed by atoms with E-state index in [0.717, 1.165) is 9.50 Å². The van der Waals surface area contributed by atoms with Gasteiger partial charge in [0.2, 0.25) is 5.78 Å². The van der Waals surface area contributed by atoms with Crippen LogP contribution >= 0.6 is 15.9 Å². The fourth-order valence-corrected chi connectivity index (χ4v) is 2.05. The molecular weight excluding hydrogens is 362 g/mol. The van der Waals surface area contributed by atoms with E-state index in [9.17, 15) is 9.59 Å². The third-order valence-electron chi connectivity index (χ3n) is 2.98. The molecule has 2 heterocycles. The molecule has 1 atom stereocenters. The van der Waals surface area contributed by atoms with E-state index < -0.39 is 12.1 Å². The number of hydrogen-bond acceptors (Lipinski definition) is 4. The zero-order valence-electron chi connectivity index (χ0n) is 12.9. The van der Waals surface area contributed by atoms with Crippen molar-refractivity contribution < 1.29 is 14.7 Å². The lowest BCUT2D eigenvalue weighted by molar-refractivity contribution is 0.0811. The highest BCUT2D eigenvalue weighted by Crippen LogP contribution is 2.07. The quantitative estimate of drug-likeness (QED) is 0.649. The molecule has 0 aliphatic heterocycles. The highest BCUT2D eigenvalue weighted by atomic mass is 79.9. The first kappa shape index (κ1) is 18.8.